The van der Waals surface area contributed by atoms with Crippen molar-refractivity contribution in [2.45, 2.75) is 79.0 Å². The molecule has 0 aliphatic rings. The van der Waals surface area contributed by atoms with Crippen LogP contribution in [0.1, 0.15) is 61.3 Å². The van der Waals surface area contributed by atoms with Crippen LogP contribution in [-0.2, 0) is 19.1 Å². The minimum atomic E-state index is -0.741. The van der Waals surface area contributed by atoms with E-state index >= 15 is 0 Å². The van der Waals surface area contributed by atoms with Crippen molar-refractivity contribution < 1.29 is 23.9 Å². The normalized spacial score (nSPS) is 14.0. The Bertz CT molecular complexity index is 483. The molecule has 0 rings (SSSR count). The summed E-state index contributed by atoms with van der Waals surface area (Å²) >= 11 is 0. The molecule has 0 saturated heterocycles. The van der Waals surface area contributed by atoms with Crippen LogP contribution in [0.3, 0.4) is 0 Å². The second kappa shape index (κ2) is 10.4. The van der Waals surface area contributed by atoms with Gasteiger partial charge in [-0.15, -0.1) is 0 Å². The Balaban J connectivity index is 5.34. The van der Waals surface area contributed by atoms with Crippen LogP contribution in [0.4, 0.5) is 4.79 Å². The largest absolute Gasteiger partial charge is 0.467 e. The van der Waals surface area contributed by atoms with Crippen molar-refractivity contribution in [3.63, 3.8) is 0 Å². The van der Waals surface area contributed by atoms with Gasteiger partial charge in [-0.3, -0.25) is 9.69 Å². The van der Waals surface area contributed by atoms with Gasteiger partial charge in [0, 0.05) is 7.05 Å². The van der Waals surface area contributed by atoms with E-state index in [-0.39, 0.29) is 17.7 Å². The smallest absolute Gasteiger partial charge is 0.410 e. The van der Waals surface area contributed by atoms with Crippen LogP contribution in [0.5, 0.6) is 0 Å². The molecular formula is C19H36N2O5. The van der Waals surface area contributed by atoms with Crippen LogP contribution in [0, 0.1) is 11.8 Å². The second-order valence-electron chi connectivity index (χ2n) is 8.45. The number of ether oxygens (including phenoxy) is 2. The van der Waals surface area contributed by atoms with Gasteiger partial charge in [-0.1, -0.05) is 27.7 Å². The number of nitrogens with one attached hydrogen (secondary N) is 1. The molecule has 1 N–H and O–H groups in total. The molecule has 2 unspecified atom stereocenters. The molecule has 0 radical (unpaired) electrons. The number of carbonyl (C=O) groups is 3. The van der Waals surface area contributed by atoms with Gasteiger partial charge in [-0.2, -0.15) is 0 Å². The lowest BCUT2D eigenvalue weighted by Crippen LogP contribution is -2.53. The maximum Gasteiger partial charge on any atom is 0.410 e. The Morgan fingerprint density at radius 2 is 1.50 bits per heavy atom. The van der Waals surface area contributed by atoms with Crippen LogP contribution in [0.15, 0.2) is 0 Å². The van der Waals surface area contributed by atoms with Gasteiger partial charge in [0.25, 0.3) is 0 Å². The lowest BCUT2D eigenvalue weighted by molar-refractivity contribution is -0.146. The molecule has 0 heterocycles. The zero-order valence-electron chi connectivity index (χ0n) is 17.7. The molecule has 26 heavy (non-hydrogen) atoms. The van der Waals surface area contributed by atoms with Gasteiger partial charge in [0.15, 0.2) is 0 Å². The van der Waals surface area contributed by atoms with Crippen LogP contribution < -0.4 is 5.32 Å². The monoisotopic (exact) mass is 372 g/mol. The SMILES string of the molecule is COC(=O)C(CC(C)C)NC(=O)C(CC(C)C)N(C)C(=O)OC(C)(C)C. The number of methoxy groups -OCH3 is 1. The summed E-state index contributed by atoms with van der Waals surface area (Å²) in [5.41, 5.74) is -0.656. The summed E-state index contributed by atoms with van der Waals surface area (Å²) in [5.74, 6) is -0.498. The lowest BCUT2D eigenvalue weighted by atomic mass is 10.00. The predicted octanol–water partition coefficient (Wildman–Crippen LogP) is 2.97. The Morgan fingerprint density at radius 1 is 1.00 bits per heavy atom. The van der Waals surface area contributed by atoms with E-state index in [1.165, 1.54) is 19.1 Å². The highest BCUT2D eigenvalue weighted by molar-refractivity contribution is 5.89. The summed E-state index contributed by atoms with van der Waals surface area (Å²) < 4.78 is 10.2. The molecule has 2 amide bonds. The topological polar surface area (TPSA) is 84.9 Å². The fraction of sp³-hybridized carbons (Fsp3) is 0.842. The summed E-state index contributed by atoms with van der Waals surface area (Å²) in [5, 5.41) is 2.74. The standard InChI is InChI=1S/C19H36N2O5/c1-12(2)10-14(17(23)25-9)20-16(22)15(11-13(3)4)21(8)18(24)26-19(5,6)7/h12-15H,10-11H2,1-9H3,(H,20,22). The highest BCUT2D eigenvalue weighted by Gasteiger charge is 2.33. The zero-order chi connectivity index (χ0) is 20.7. The number of hydrogen-bond acceptors (Lipinski definition) is 5. The third kappa shape index (κ3) is 9.06. The third-order valence-corrected chi connectivity index (χ3v) is 3.66. The molecule has 0 aliphatic carbocycles. The summed E-state index contributed by atoms with van der Waals surface area (Å²) in [6.07, 6.45) is 0.344. The number of amides is 2. The van der Waals surface area contributed by atoms with Gasteiger partial charge < -0.3 is 14.8 Å². The summed E-state index contributed by atoms with van der Waals surface area (Å²) in [4.78, 5) is 38.5. The summed E-state index contributed by atoms with van der Waals surface area (Å²) in [6, 6.07) is -1.47. The summed E-state index contributed by atoms with van der Waals surface area (Å²) in [6.45, 7) is 13.2. The lowest BCUT2D eigenvalue weighted by Gasteiger charge is -2.32. The van der Waals surface area contributed by atoms with Crippen molar-refractivity contribution in [1.29, 1.82) is 0 Å². The molecule has 0 fully saturated rings. The average Bonchev–Trinajstić information content (AvgIpc) is 2.47. The number of carbonyl (C=O) groups excluding carboxylic acids is 3. The number of esters is 1. The van der Waals surface area contributed by atoms with E-state index in [2.05, 4.69) is 5.32 Å². The first-order valence-electron chi connectivity index (χ1n) is 9.12. The fourth-order valence-electron chi connectivity index (χ4n) is 2.44. The average molecular weight is 373 g/mol. The van der Waals surface area contributed by atoms with E-state index < -0.39 is 29.7 Å². The molecular weight excluding hydrogens is 336 g/mol. The maximum atomic E-state index is 12.8. The quantitative estimate of drug-likeness (QED) is 0.662. The molecule has 7 nitrogen and oxygen atoms in total. The van der Waals surface area contributed by atoms with Crippen molar-refractivity contribution in [1.82, 2.24) is 10.2 Å². The zero-order valence-corrected chi connectivity index (χ0v) is 17.7. The molecule has 0 spiro atoms. The van der Waals surface area contributed by atoms with Gasteiger partial charge in [0.1, 0.15) is 17.7 Å². The molecule has 0 aromatic rings. The Hall–Kier alpha value is -1.79. The van der Waals surface area contributed by atoms with E-state index in [0.29, 0.717) is 12.8 Å². The van der Waals surface area contributed by atoms with E-state index in [0.717, 1.165) is 0 Å². The molecule has 0 aromatic heterocycles. The van der Waals surface area contributed by atoms with Gasteiger partial charge in [0.2, 0.25) is 5.91 Å². The van der Waals surface area contributed by atoms with E-state index in [1.807, 2.05) is 27.7 Å². The number of rotatable bonds is 8. The fourth-order valence-corrected chi connectivity index (χ4v) is 2.44. The molecule has 0 saturated carbocycles. The number of nitrogens with zero attached hydrogens (tertiary/aromatic N) is 1. The summed E-state index contributed by atoms with van der Waals surface area (Å²) in [7, 11) is 2.83. The van der Waals surface area contributed by atoms with Crippen LogP contribution in [0.25, 0.3) is 0 Å². The van der Waals surface area contributed by atoms with Gasteiger partial charge in [-0.05, 0) is 45.4 Å². The first kappa shape index (κ1) is 24.2. The first-order valence-corrected chi connectivity index (χ1v) is 9.12. The highest BCUT2D eigenvalue weighted by Crippen LogP contribution is 2.16. The van der Waals surface area contributed by atoms with Gasteiger partial charge in [-0.25, -0.2) is 9.59 Å². The van der Waals surface area contributed by atoms with Crippen molar-refractivity contribution in [3.8, 4) is 0 Å². The van der Waals surface area contributed by atoms with Crippen molar-refractivity contribution >= 4 is 18.0 Å². The van der Waals surface area contributed by atoms with Gasteiger partial charge >= 0.3 is 12.1 Å². The van der Waals surface area contributed by atoms with E-state index in [9.17, 15) is 14.4 Å². The minimum absolute atomic E-state index is 0.178. The van der Waals surface area contributed by atoms with Crippen molar-refractivity contribution in [2.24, 2.45) is 11.8 Å². The molecule has 2 atom stereocenters. The van der Waals surface area contributed by atoms with Crippen LogP contribution in [0.2, 0.25) is 0 Å². The minimum Gasteiger partial charge on any atom is -0.467 e. The van der Waals surface area contributed by atoms with Crippen LogP contribution >= 0.6 is 0 Å². The van der Waals surface area contributed by atoms with Crippen molar-refractivity contribution in [2.75, 3.05) is 14.2 Å². The van der Waals surface area contributed by atoms with Crippen LogP contribution in [-0.4, -0.2) is 54.7 Å². The Kier molecular flexibility index (Phi) is 9.67. The molecule has 0 aromatic carbocycles. The number of hydrogen-bond donors (Lipinski definition) is 1. The molecule has 7 heteroatoms. The van der Waals surface area contributed by atoms with E-state index in [1.54, 1.807) is 20.8 Å². The number of likely N-dealkylation sites (N-methyl/N-ethyl adjacent to an activating group) is 1. The maximum absolute atomic E-state index is 12.8. The second-order valence-corrected chi connectivity index (χ2v) is 8.45. The molecule has 0 aliphatic heterocycles. The molecule has 152 valence electrons. The van der Waals surface area contributed by atoms with Crippen molar-refractivity contribution in [3.05, 3.63) is 0 Å². The predicted molar refractivity (Wildman–Crippen MR) is 101 cm³/mol. The van der Waals surface area contributed by atoms with Gasteiger partial charge in [0.05, 0.1) is 7.11 Å². The third-order valence-electron chi connectivity index (χ3n) is 3.66. The highest BCUT2D eigenvalue weighted by atomic mass is 16.6. The molecule has 0 bridgehead atoms. The first-order chi connectivity index (χ1) is 11.8. The Labute approximate surface area is 157 Å². The Morgan fingerprint density at radius 3 is 1.88 bits per heavy atom. The van der Waals surface area contributed by atoms with E-state index in [4.69, 9.17) is 9.47 Å².